The van der Waals surface area contributed by atoms with E-state index in [0.29, 0.717) is 11.7 Å². The van der Waals surface area contributed by atoms with Gasteiger partial charge in [-0.1, -0.05) is 13.3 Å². The lowest BCUT2D eigenvalue weighted by atomic mass is 9.81. The highest BCUT2D eigenvalue weighted by Gasteiger charge is 2.41. The lowest BCUT2D eigenvalue weighted by Crippen LogP contribution is -2.37. The number of hydrogen-bond donors (Lipinski definition) is 0. The zero-order chi connectivity index (χ0) is 12.1. The molecule has 0 amide bonds. The SMILES string of the molecule is CCCCC(=O)C[C@H]1CCCC2(C1)OCCO2. The standard InChI is InChI=1S/C14H24O3/c1-2-3-6-13(15)10-12-5-4-7-14(11-12)16-8-9-17-14/h12H,2-11H2,1H3/t12-/m1/s1. The lowest BCUT2D eigenvalue weighted by molar-refractivity contribution is -0.187. The maximum absolute atomic E-state index is 11.8. The van der Waals surface area contributed by atoms with Crippen LogP contribution in [0.4, 0.5) is 0 Å². The second-order valence-corrected chi connectivity index (χ2v) is 5.42. The summed E-state index contributed by atoms with van der Waals surface area (Å²) in [6, 6.07) is 0. The van der Waals surface area contributed by atoms with Crippen LogP contribution in [0, 0.1) is 5.92 Å². The van der Waals surface area contributed by atoms with E-state index in [2.05, 4.69) is 6.92 Å². The summed E-state index contributed by atoms with van der Waals surface area (Å²) < 4.78 is 11.5. The van der Waals surface area contributed by atoms with Crippen molar-refractivity contribution in [1.29, 1.82) is 0 Å². The fourth-order valence-corrected chi connectivity index (χ4v) is 3.04. The molecule has 2 aliphatic rings. The Balaban J connectivity index is 1.79. The van der Waals surface area contributed by atoms with Gasteiger partial charge < -0.3 is 9.47 Å². The average Bonchev–Trinajstić information content (AvgIpc) is 2.74. The van der Waals surface area contributed by atoms with Crippen molar-refractivity contribution < 1.29 is 14.3 Å². The summed E-state index contributed by atoms with van der Waals surface area (Å²) in [6.45, 7) is 3.57. The van der Waals surface area contributed by atoms with Crippen molar-refractivity contribution in [2.24, 2.45) is 5.92 Å². The topological polar surface area (TPSA) is 35.5 Å². The monoisotopic (exact) mass is 240 g/mol. The number of rotatable bonds is 5. The first-order valence-electron chi connectivity index (χ1n) is 7.04. The van der Waals surface area contributed by atoms with Crippen LogP contribution >= 0.6 is 0 Å². The van der Waals surface area contributed by atoms with E-state index in [0.717, 1.165) is 64.6 Å². The number of unbranched alkanes of at least 4 members (excludes halogenated alkanes) is 1. The summed E-state index contributed by atoms with van der Waals surface area (Å²) in [5, 5.41) is 0. The molecule has 1 saturated heterocycles. The Hall–Kier alpha value is -0.410. The minimum atomic E-state index is -0.325. The third-order valence-electron chi connectivity index (χ3n) is 3.91. The smallest absolute Gasteiger partial charge is 0.168 e. The van der Waals surface area contributed by atoms with E-state index in [1.165, 1.54) is 0 Å². The number of ether oxygens (including phenoxy) is 2. The number of Topliss-reactive ketones (excluding diaryl/α,β-unsaturated/α-hetero) is 1. The fourth-order valence-electron chi connectivity index (χ4n) is 3.04. The molecule has 0 aromatic carbocycles. The van der Waals surface area contributed by atoms with Crippen molar-refractivity contribution in [3.8, 4) is 0 Å². The largest absolute Gasteiger partial charge is 0.348 e. The molecule has 1 saturated carbocycles. The molecule has 0 radical (unpaired) electrons. The Morgan fingerprint density at radius 1 is 1.35 bits per heavy atom. The summed E-state index contributed by atoms with van der Waals surface area (Å²) >= 11 is 0. The zero-order valence-corrected chi connectivity index (χ0v) is 10.9. The Labute approximate surface area is 104 Å². The van der Waals surface area contributed by atoms with Crippen LogP contribution < -0.4 is 0 Å². The summed E-state index contributed by atoms with van der Waals surface area (Å²) in [6.07, 6.45) is 7.84. The molecule has 17 heavy (non-hydrogen) atoms. The van der Waals surface area contributed by atoms with Crippen LogP contribution in [0.15, 0.2) is 0 Å². The van der Waals surface area contributed by atoms with Crippen LogP contribution in [0.3, 0.4) is 0 Å². The van der Waals surface area contributed by atoms with E-state index in [1.54, 1.807) is 0 Å². The lowest BCUT2D eigenvalue weighted by Gasteiger charge is -2.36. The maximum Gasteiger partial charge on any atom is 0.168 e. The molecule has 0 unspecified atom stereocenters. The van der Waals surface area contributed by atoms with E-state index < -0.39 is 0 Å². The number of carbonyl (C=O) groups excluding carboxylic acids is 1. The van der Waals surface area contributed by atoms with E-state index in [-0.39, 0.29) is 5.79 Å². The number of carbonyl (C=O) groups is 1. The van der Waals surface area contributed by atoms with Crippen molar-refractivity contribution in [2.45, 2.75) is 64.1 Å². The normalized spacial score (nSPS) is 27.5. The van der Waals surface area contributed by atoms with E-state index in [4.69, 9.17) is 9.47 Å². The summed E-state index contributed by atoms with van der Waals surface area (Å²) in [4.78, 5) is 11.8. The highest BCUT2D eigenvalue weighted by atomic mass is 16.7. The fraction of sp³-hybridized carbons (Fsp3) is 0.929. The van der Waals surface area contributed by atoms with Crippen LogP contribution in [-0.4, -0.2) is 24.8 Å². The van der Waals surface area contributed by atoms with Gasteiger partial charge in [-0.25, -0.2) is 0 Å². The van der Waals surface area contributed by atoms with Crippen LogP contribution in [0.2, 0.25) is 0 Å². The Bertz CT molecular complexity index is 256. The molecule has 2 rings (SSSR count). The molecule has 1 spiro atoms. The molecule has 98 valence electrons. The van der Waals surface area contributed by atoms with Crippen LogP contribution in [0.5, 0.6) is 0 Å². The molecule has 3 nitrogen and oxygen atoms in total. The second kappa shape index (κ2) is 5.96. The minimum Gasteiger partial charge on any atom is -0.348 e. The number of ketones is 1. The summed E-state index contributed by atoms with van der Waals surface area (Å²) in [7, 11) is 0. The first-order chi connectivity index (χ1) is 8.24. The Morgan fingerprint density at radius 3 is 2.82 bits per heavy atom. The van der Waals surface area contributed by atoms with Crippen molar-refractivity contribution in [1.82, 2.24) is 0 Å². The zero-order valence-electron chi connectivity index (χ0n) is 10.9. The Kier molecular flexibility index (Phi) is 4.57. The van der Waals surface area contributed by atoms with Gasteiger partial charge >= 0.3 is 0 Å². The summed E-state index contributed by atoms with van der Waals surface area (Å²) in [5.41, 5.74) is 0. The first kappa shape index (κ1) is 13.0. The highest BCUT2D eigenvalue weighted by Crippen LogP contribution is 2.40. The molecule has 1 heterocycles. The molecular formula is C14H24O3. The summed E-state index contributed by atoms with van der Waals surface area (Å²) in [5.74, 6) is 0.576. The van der Waals surface area contributed by atoms with Gasteiger partial charge in [-0.2, -0.15) is 0 Å². The quantitative estimate of drug-likeness (QED) is 0.741. The van der Waals surface area contributed by atoms with Crippen molar-refractivity contribution in [3.63, 3.8) is 0 Å². The average molecular weight is 240 g/mol. The van der Waals surface area contributed by atoms with E-state index in [9.17, 15) is 4.79 Å². The Morgan fingerprint density at radius 2 is 2.12 bits per heavy atom. The molecule has 3 heteroatoms. The van der Waals surface area contributed by atoms with Gasteiger partial charge in [0.1, 0.15) is 5.78 Å². The molecule has 2 fully saturated rings. The van der Waals surface area contributed by atoms with E-state index in [1.807, 2.05) is 0 Å². The molecule has 1 aliphatic heterocycles. The second-order valence-electron chi connectivity index (χ2n) is 5.42. The molecule has 0 aromatic rings. The van der Waals surface area contributed by atoms with Gasteiger partial charge in [0, 0.05) is 25.7 Å². The molecular weight excluding hydrogens is 216 g/mol. The first-order valence-corrected chi connectivity index (χ1v) is 7.04. The van der Waals surface area contributed by atoms with Gasteiger partial charge in [0.25, 0.3) is 0 Å². The van der Waals surface area contributed by atoms with Crippen LogP contribution in [-0.2, 0) is 14.3 Å². The molecule has 1 atom stereocenters. The van der Waals surface area contributed by atoms with E-state index >= 15 is 0 Å². The molecule has 1 aliphatic carbocycles. The number of hydrogen-bond acceptors (Lipinski definition) is 3. The van der Waals surface area contributed by atoms with Gasteiger partial charge in [-0.05, 0) is 25.2 Å². The predicted octanol–water partition coefficient (Wildman–Crippen LogP) is 3.07. The van der Waals surface area contributed by atoms with Gasteiger partial charge in [-0.15, -0.1) is 0 Å². The highest BCUT2D eigenvalue weighted by molar-refractivity contribution is 5.78. The van der Waals surface area contributed by atoms with Crippen molar-refractivity contribution >= 4 is 5.78 Å². The van der Waals surface area contributed by atoms with Crippen LogP contribution in [0.25, 0.3) is 0 Å². The van der Waals surface area contributed by atoms with Gasteiger partial charge in [-0.3, -0.25) is 4.79 Å². The third kappa shape index (κ3) is 3.52. The van der Waals surface area contributed by atoms with Crippen LogP contribution in [0.1, 0.15) is 58.3 Å². The van der Waals surface area contributed by atoms with Crippen molar-refractivity contribution in [3.05, 3.63) is 0 Å². The third-order valence-corrected chi connectivity index (χ3v) is 3.91. The predicted molar refractivity (Wildman–Crippen MR) is 65.7 cm³/mol. The van der Waals surface area contributed by atoms with Crippen molar-refractivity contribution in [2.75, 3.05) is 13.2 Å². The molecule has 0 aromatic heterocycles. The van der Waals surface area contributed by atoms with Gasteiger partial charge in [0.05, 0.1) is 13.2 Å². The maximum atomic E-state index is 11.8. The molecule has 0 N–H and O–H groups in total. The van der Waals surface area contributed by atoms with Gasteiger partial charge in [0.15, 0.2) is 5.79 Å². The molecule has 0 bridgehead atoms. The van der Waals surface area contributed by atoms with Gasteiger partial charge in [0.2, 0.25) is 0 Å². The minimum absolute atomic E-state index is 0.325.